The number of likely N-dealkylation sites (tertiary alicyclic amines) is 1. The van der Waals surface area contributed by atoms with E-state index in [0.717, 1.165) is 0 Å². The lowest BCUT2D eigenvalue weighted by molar-refractivity contribution is -0.129. The molecular weight excluding hydrogens is 244 g/mol. The van der Waals surface area contributed by atoms with Crippen LogP contribution in [-0.2, 0) is 4.79 Å². The molecule has 1 aliphatic heterocycles. The molecule has 1 N–H and O–H groups in total. The lowest BCUT2D eigenvalue weighted by Gasteiger charge is -2.21. The monoisotopic (exact) mass is 262 g/mol. The second kappa shape index (κ2) is 5.77. The van der Waals surface area contributed by atoms with Gasteiger partial charge in [0.05, 0.1) is 5.56 Å². The van der Waals surface area contributed by atoms with Crippen LogP contribution in [0.1, 0.15) is 30.6 Å². The number of amides is 2. The summed E-state index contributed by atoms with van der Waals surface area (Å²) in [6, 6.07) is 0.218. The summed E-state index contributed by atoms with van der Waals surface area (Å²) in [4.78, 5) is 33.0. The van der Waals surface area contributed by atoms with Gasteiger partial charge in [-0.2, -0.15) is 0 Å². The maximum Gasteiger partial charge on any atom is 0.254 e. The van der Waals surface area contributed by atoms with Crippen molar-refractivity contribution in [1.82, 2.24) is 20.2 Å². The smallest absolute Gasteiger partial charge is 0.254 e. The number of carbonyl (C=O) groups is 2. The first-order valence-corrected chi connectivity index (χ1v) is 6.40. The third kappa shape index (κ3) is 3.27. The maximum absolute atomic E-state index is 11.8. The predicted octanol–water partition coefficient (Wildman–Crippen LogP) is 0.463. The maximum atomic E-state index is 11.8. The second-order valence-corrected chi connectivity index (χ2v) is 5.05. The Morgan fingerprint density at radius 3 is 2.74 bits per heavy atom. The summed E-state index contributed by atoms with van der Waals surface area (Å²) in [7, 11) is 0. The van der Waals surface area contributed by atoms with Gasteiger partial charge in [-0.3, -0.25) is 9.59 Å². The fourth-order valence-electron chi connectivity index (χ4n) is 2.20. The molecular formula is C13H18N4O2. The Morgan fingerprint density at radius 2 is 2.16 bits per heavy atom. The summed E-state index contributed by atoms with van der Waals surface area (Å²) in [6.45, 7) is 5.21. The van der Waals surface area contributed by atoms with Gasteiger partial charge in [0, 0.05) is 43.9 Å². The SMILES string of the molecule is CC(C)N1C[C@H](CNC(=O)c2cncnc2)CC1=O. The van der Waals surface area contributed by atoms with E-state index in [1.165, 1.54) is 18.7 Å². The van der Waals surface area contributed by atoms with Crippen LogP contribution in [0.3, 0.4) is 0 Å². The molecule has 2 rings (SSSR count). The van der Waals surface area contributed by atoms with E-state index < -0.39 is 0 Å². The molecule has 6 heteroatoms. The van der Waals surface area contributed by atoms with Gasteiger partial charge in [-0.1, -0.05) is 0 Å². The molecule has 0 aliphatic carbocycles. The zero-order valence-corrected chi connectivity index (χ0v) is 11.2. The molecule has 0 unspecified atom stereocenters. The standard InChI is InChI=1S/C13H18N4O2/c1-9(2)17-7-10(3-12(17)18)4-16-13(19)11-5-14-8-15-6-11/h5-6,8-10H,3-4,7H2,1-2H3,(H,16,19)/t10-/m0/s1. The van der Waals surface area contributed by atoms with Crippen molar-refractivity contribution in [2.45, 2.75) is 26.3 Å². The first-order chi connectivity index (χ1) is 9.08. The minimum absolute atomic E-state index is 0.164. The zero-order valence-electron chi connectivity index (χ0n) is 11.2. The number of hydrogen-bond acceptors (Lipinski definition) is 4. The highest BCUT2D eigenvalue weighted by molar-refractivity contribution is 5.93. The first kappa shape index (κ1) is 13.5. The van der Waals surface area contributed by atoms with E-state index in [1.54, 1.807) is 0 Å². The van der Waals surface area contributed by atoms with Crippen molar-refractivity contribution in [3.8, 4) is 0 Å². The topological polar surface area (TPSA) is 75.2 Å². The molecule has 1 atom stereocenters. The van der Waals surface area contributed by atoms with E-state index in [0.29, 0.717) is 25.1 Å². The lowest BCUT2D eigenvalue weighted by atomic mass is 10.1. The van der Waals surface area contributed by atoms with Gasteiger partial charge in [0.15, 0.2) is 0 Å². The summed E-state index contributed by atoms with van der Waals surface area (Å²) >= 11 is 0. The number of hydrogen-bond donors (Lipinski definition) is 1. The van der Waals surface area contributed by atoms with Gasteiger partial charge in [0.2, 0.25) is 5.91 Å². The fourth-order valence-corrected chi connectivity index (χ4v) is 2.20. The molecule has 6 nitrogen and oxygen atoms in total. The summed E-state index contributed by atoms with van der Waals surface area (Å²) in [5.74, 6) is 0.150. The number of rotatable bonds is 4. The van der Waals surface area contributed by atoms with Crippen molar-refractivity contribution < 1.29 is 9.59 Å². The van der Waals surface area contributed by atoms with Gasteiger partial charge >= 0.3 is 0 Å². The number of nitrogens with one attached hydrogen (secondary N) is 1. The van der Waals surface area contributed by atoms with Crippen LogP contribution < -0.4 is 5.32 Å². The molecule has 1 aromatic heterocycles. The average Bonchev–Trinajstić information content (AvgIpc) is 2.78. The molecule has 0 aromatic carbocycles. The van der Waals surface area contributed by atoms with E-state index >= 15 is 0 Å². The Bertz CT molecular complexity index is 461. The van der Waals surface area contributed by atoms with E-state index in [1.807, 2.05) is 18.7 Å². The molecule has 0 saturated carbocycles. The minimum atomic E-state index is -0.198. The lowest BCUT2D eigenvalue weighted by Crippen LogP contribution is -2.34. The molecule has 0 bridgehead atoms. The van der Waals surface area contributed by atoms with Crippen LogP contribution in [-0.4, -0.2) is 45.8 Å². The molecule has 19 heavy (non-hydrogen) atoms. The van der Waals surface area contributed by atoms with Gasteiger partial charge in [-0.15, -0.1) is 0 Å². The van der Waals surface area contributed by atoms with Crippen LogP contribution in [0.2, 0.25) is 0 Å². The summed E-state index contributed by atoms with van der Waals surface area (Å²) in [6.07, 6.45) is 4.84. The van der Waals surface area contributed by atoms with Crippen LogP contribution >= 0.6 is 0 Å². The molecule has 1 aromatic rings. The Kier molecular flexibility index (Phi) is 4.09. The van der Waals surface area contributed by atoms with Gasteiger partial charge in [-0.05, 0) is 13.8 Å². The van der Waals surface area contributed by atoms with Crippen molar-refractivity contribution in [3.05, 3.63) is 24.3 Å². The second-order valence-electron chi connectivity index (χ2n) is 5.05. The van der Waals surface area contributed by atoms with Crippen LogP contribution in [0.5, 0.6) is 0 Å². The first-order valence-electron chi connectivity index (χ1n) is 6.40. The van der Waals surface area contributed by atoms with Crippen molar-refractivity contribution in [1.29, 1.82) is 0 Å². The molecule has 0 radical (unpaired) electrons. The van der Waals surface area contributed by atoms with Crippen molar-refractivity contribution >= 4 is 11.8 Å². The summed E-state index contributed by atoms with van der Waals surface area (Å²) < 4.78 is 0. The Balaban J connectivity index is 1.84. The van der Waals surface area contributed by atoms with E-state index in [2.05, 4.69) is 15.3 Å². The normalized spacial score (nSPS) is 19.0. The Labute approximate surface area is 112 Å². The Morgan fingerprint density at radius 1 is 1.47 bits per heavy atom. The molecule has 102 valence electrons. The molecule has 1 aliphatic rings. The van der Waals surface area contributed by atoms with Crippen LogP contribution in [0.15, 0.2) is 18.7 Å². The Hall–Kier alpha value is -1.98. The average molecular weight is 262 g/mol. The largest absolute Gasteiger partial charge is 0.352 e. The van der Waals surface area contributed by atoms with E-state index in [4.69, 9.17) is 0 Å². The van der Waals surface area contributed by atoms with Crippen LogP contribution in [0.25, 0.3) is 0 Å². The third-order valence-electron chi connectivity index (χ3n) is 3.24. The molecule has 2 amide bonds. The summed E-state index contributed by atoms with van der Waals surface area (Å²) in [5, 5.41) is 2.82. The molecule has 1 saturated heterocycles. The number of nitrogens with zero attached hydrogens (tertiary/aromatic N) is 3. The van der Waals surface area contributed by atoms with Crippen molar-refractivity contribution in [3.63, 3.8) is 0 Å². The van der Waals surface area contributed by atoms with Crippen molar-refractivity contribution in [2.24, 2.45) is 5.92 Å². The summed E-state index contributed by atoms with van der Waals surface area (Å²) in [5.41, 5.74) is 0.438. The van der Waals surface area contributed by atoms with Gasteiger partial charge in [0.1, 0.15) is 6.33 Å². The zero-order chi connectivity index (χ0) is 13.8. The molecule has 1 fully saturated rings. The van der Waals surface area contributed by atoms with E-state index in [9.17, 15) is 9.59 Å². The number of aromatic nitrogens is 2. The van der Waals surface area contributed by atoms with Crippen LogP contribution in [0.4, 0.5) is 0 Å². The highest BCUT2D eigenvalue weighted by Crippen LogP contribution is 2.19. The van der Waals surface area contributed by atoms with Gasteiger partial charge < -0.3 is 10.2 Å². The van der Waals surface area contributed by atoms with Crippen LogP contribution in [0, 0.1) is 5.92 Å². The quantitative estimate of drug-likeness (QED) is 0.855. The molecule has 0 spiro atoms. The molecule has 2 heterocycles. The fraction of sp³-hybridized carbons (Fsp3) is 0.538. The predicted molar refractivity (Wildman–Crippen MR) is 69.3 cm³/mol. The highest BCUT2D eigenvalue weighted by Gasteiger charge is 2.31. The third-order valence-corrected chi connectivity index (χ3v) is 3.24. The number of carbonyl (C=O) groups excluding carboxylic acids is 2. The van der Waals surface area contributed by atoms with Crippen molar-refractivity contribution in [2.75, 3.05) is 13.1 Å². The van der Waals surface area contributed by atoms with Gasteiger partial charge in [0.25, 0.3) is 5.91 Å². The highest BCUT2D eigenvalue weighted by atomic mass is 16.2. The van der Waals surface area contributed by atoms with E-state index in [-0.39, 0.29) is 23.8 Å². The minimum Gasteiger partial charge on any atom is -0.352 e. The van der Waals surface area contributed by atoms with Gasteiger partial charge in [-0.25, -0.2) is 9.97 Å².